The molecule has 0 bridgehead atoms. The normalized spacial score (nSPS) is 17.8. The number of aromatic carboxylic acids is 1. The van der Waals surface area contributed by atoms with E-state index in [-0.39, 0.29) is 17.6 Å². The van der Waals surface area contributed by atoms with Gasteiger partial charge in [-0.3, -0.25) is 4.90 Å². The first kappa shape index (κ1) is 19.9. The molecule has 0 aliphatic carbocycles. The lowest BCUT2D eigenvalue weighted by Gasteiger charge is -2.29. The van der Waals surface area contributed by atoms with Crippen molar-refractivity contribution in [2.24, 2.45) is 0 Å². The van der Waals surface area contributed by atoms with Gasteiger partial charge < -0.3 is 15.3 Å². The fourth-order valence-corrected chi connectivity index (χ4v) is 3.58. The second-order valence-electron chi connectivity index (χ2n) is 7.28. The summed E-state index contributed by atoms with van der Waals surface area (Å²) in [4.78, 5) is 27.9. The minimum atomic E-state index is -0.950. The highest BCUT2D eigenvalue weighted by atomic mass is 16.4. The van der Waals surface area contributed by atoms with Crippen LogP contribution in [0.3, 0.4) is 0 Å². The lowest BCUT2D eigenvalue weighted by molar-refractivity contribution is 0.0697. The molecule has 3 rings (SSSR count). The van der Waals surface area contributed by atoms with Gasteiger partial charge >= 0.3 is 12.0 Å². The number of amides is 2. The highest BCUT2D eigenvalue weighted by Gasteiger charge is 2.25. The third kappa shape index (κ3) is 5.33. The number of hydrogen-bond acceptors (Lipinski definition) is 3. The summed E-state index contributed by atoms with van der Waals surface area (Å²) < 4.78 is 0. The monoisotopic (exact) mass is 381 g/mol. The molecule has 1 saturated heterocycles. The Morgan fingerprint density at radius 1 is 1.04 bits per heavy atom. The largest absolute Gasteiger partial charge is 0.478 e. The summed E-state index contributed by atoms with van der Waals surface area (Å²) in [6.45, 7) is 5.92. The van der Waals surface area contributed by atoms with E-state index in [0.29, 0.717) is 6.54 Å². The number of hydrogen-bond donors (Lipinski definition) is 2. The smallest absolute Gasteiger partial charge is 0.335 e. The lowest BCUT2D eigenvalue weighted by Crippen LogP contribution is -2.47. The van der Waals surface area contributed by atoms with Gasteiger partial charge in [0.05, 0.1) is 5.56 Å². The average molecular weight is 381 g/mol. The zero-order valence-corrected chi connectivity index (χ0v) is 16.2. The van der Waals surface area contributed by atoms with Crippen molar-refractivity contribution in [3.05, 3.63) is 71.3 Å². The van der Waals surface area contributed by atoms with Gasteiger partial charge in [0, 0.05) is 38.8 Å². The SMILES string of the molecule is CC1CN(Cc2ccccc2)CCCN1C(=O)NCc1ccc(C(=O)O)cc1. The molecule has 1 atom stereocenters. The minimum absolute atomic E-state index is 0.0728. The molecule has 6 nitrogen and oxygen atoms in total. The molecule has 0 aromatic heterocycles. The highest BCUT2D eigenvalue weighted by Crippen LogP contribution is 2.14. The number of nitrogens with zero attached hydrogens (tertiary/aromatic N) is 2. The van der Waals surface area contributed by atoms with E-state index in [1.165, 1.54) is 5.56 Å². The van der Waals surface area contributed by atoms with Crippen molar-refractivity contribution in [1.29, 1.82) is 0 Å². The van der Waals surface area contributed by atoms with Crippen LogP contribution in [-0.4, -0.2) is 52.6 Å². The lowest BCUT2D eigenvalue weighted by atomic mass is 10.1. The van der Waals surface area contributed by atoms with Gasteiger partial charge in [0.25, 0.3) is 0 Å². The predicted molar refractivity (Wildman–Crippen MR) is 108 cm³/mol. The maximum absolute atomic E-state index is 12.7. The molecule has 1 unspecified atom stereocenters. The van der Waals surface area contributed by atoms with E-state index in [2.05, 4.69) is 41.4 Å². The predicted octanol–water partition coefficient (Wildman–Crippen LogP) is 3.19. The number of urea groups is 1. The van der Waals surface area contributed by atoms with Crippen LogP contribution in [-0.2, 0) is 13.1 Å². The van der Waals surface area contributed by atoms with Crippen LogP contribution in [0.15, 0.2) is 54.6 Å². The molecule has 6 heteroatoms. The molecule has 2 aromatic carbocycles. The molecule has 2 amide bonds. The maximum Gasteiger partial charge on any atom is 0.335 e. The first-order valence-corrected chi connectivity index (χ1v) is 9.66. The molecule has 1 aliphatic rings. The van der Waals surface area contributed by atoms with E-state index in [4.69, 9.17) is 5.11 Å². The Morgan fingerprint density at radius 3 is 2.43 bits per heavy atom. The summed E-state index contributed by atoms with van der Waals surface area (Å²) >= 11 is 0. The molecule has 1 aliphatic heterocycles. The summed E-state index contributed by atoms with van der Waals surface area (Å²) in [7, 11) is 0. The van der Waals surface area contributed by atoms with Crippen LogP contribution in [0.4, 0.5) is 4.79 Å². The van der Waals surface area contributed by atoms with Crippen LogP contribution in [0.2, 0.25) is 0 Å². The summed E-state index contributed by atoms with van der Waals surface area (Å²) in [5.74, 6) is -0.950. The van der Waals surface area contributed by atoms with Crippen LogP contribution in [0, 0.1) is 0 Å². The number of carboxylic acid groups (broad SMARTS) is 1. The van der Waals surface area contributed by atoms with Crippen molar-refractivity contribution in [2.45, 2.75) is 32.5 Å². The summed E-state index contributed by atoms with van der Waals surface area (Å²) in [6, 6.07) is 17.0. The van der Waals surface area contributed by atoms with Gasteiger partial charge in [0.2, 0.25) is 0 Å². The van der Waals surface area contributed by atoms with Crippen molar-refractivity contribution < 1.29 is 14.7 Å². The molecule has 0 spiro atoms. The molecule has 1 heterocycles. The molecule has 2 aromatic rings. The molecular weight excluding hydrogens is 354 g/mol. The van der Waals surface area contributed by atoms with Crippen LogP contribution >= 0.6 is 0 Å². The van der Waals surface area contributed by atoms with Gasteiger partial charge in [-0.05, 0) is 36.6 Å². The molecule has 1 fully saturated rings. The summed E-state index contributed by atoms with van der Waals surface area (Å²) in [6.07, 6.45) is 0.942. The number of benzene rings is 2. The maximum atomic E-state index is 12.7. The average Bonchev–Trinajstić information content (AvgIpc) is 2.88. The van der Waals surface area contributed by atoms with Crippen molar-refractivity contribution >= 4 is 12.0 Å². The first-order chi connectivity index (χ1) is 13.5. The summed E-state index contributed by atoms with van der Waals surface area (Å²) in [5.41, 5.74) is 2.42. The van der Waals surface area contributed by atoms with Gasteiger partial charge in [-0.15, -0.1) is 0 Å². The molecular formula is C22H27N3O3. The number of carbonyl (C=O) groups is 2. The Labute approximate surface area is 165 Å². The fourth-order valence-electron chi connectivity index (χ4n) is 3.58. The van der Waals surface area contributed by atoms with Crippen molar-refractivity contribution in [1.82, 2.24) is 15.1 Å². The van der Waals surface area contributed by atoms with Gasteiger partial charge in [-0.25, -0.2) is 9.59 Å². The zero-order valence-electron chi connectivity index (χ0n) is 16.2. The van der Waals surface area contributed by atoms with Crippen molar-refractivity contribution in [3.63, 3.8) is 0 Å². The number of carbonyl (C=O) groups excluding carboxylic acids is 1. The van der Waals surface area contributed by atoms with Crippen LogP contribution in [0.25, 0.3) is 0 Å². The third-order valence-corrected chi connectivity index (χ3v) is 5.08. The standard InChI is InChI=1S/C22H27N3O3/c1-17-15-24(16-19-6-3-2-4-7-19)12-5-13-25(17)22(28)23-14-18-8-10-20(11-9-18)21(26)27/h2-4,6-11,17H,5,12-16H2,1H3,(H,23,28)(H,26,27). The molecule has 0 radical (unpaired) electrons. The third-order valence-electron chi connectivity index (χ3n) is 5.08. The van der Waals surface area contributed by atoms with Crippen LogP contribution < -0.4 is 5.32 Å². The van der Waals surface area contributed by atoms with Crippen LogP contribution in [0.5, 0.6) is 0 Å². The Balaban J connectivity index is 1.52. The highest BCUT2D eigenvalue weighted by molar-refractivity contribution is 5.87. The molecule has 2 N–H and O–H groups in total. The Kier molecular flexibility index (Phi) is 6.66. The number of rotatable bonds is 5. The number of nitrogens with one attached hydrogen (secondary N) is 1. The molecule has 28 heavy (non-hydrogen) atoms. The van der Waals surface area contributed by atoms with Crippen LogP contribution in [0.1, 0.15) is 34.8 Å². The quantitative estimate of drug-likeness (QED) is 0.834. The Hall–Kier alpha value is -2.86. The Morgan fingerprint density at radius 2 is 1.75 bits per heavy atom. The second-order valence-corrected chi connectivity index (χ2v) is 7.28. The minimum Gasteiger partial charge on any atom is -0.478 e. The molecule has 0 saturated carbocycles. The van der Waals surface area contributed by atoms with E-state index >= 15 is 0 Å². The zero-order chi connectivity index (χ0) is 19.9. The van der Waals surface area contributed by atoms with Crippen molar-refractivity contribution in [2.75, 3.05) is 19.6 Å². The molecule has 148 valence electrons. The van der Waals surface area contributed by atoms with Gasteiger partial charge in [-0.1, -0.05) is 42.5 Å². The van der Waals surface area contributed by atoms with E-state index in [1.54, 1.807) is 24.3 Å². The summed E-state index contributed by atoms with van der Waals surface area (Å²) in [5, 5.41) is 11.9. The van der Waals surface area contributed by atoms with Gasteiger partial charge in [0.15, 0.2) is 0 Å². The first-order valence-electron chi connectivity index (χ1n) is 9.66. The van der Waals surface area contributed by atoms with Crippen molar-refractivity contribution in [3.8, 4) is 0 Å². The van der Waals surface area contributed by atoms with E-state index in [9.17, 15) is 9.59 Å². The number of carboxylic acids is 1. The van der Waals surface area contributed by atoms with Gasteiger partial charge in [0.1, 0.15) is 0 Å². The topological polar surface area (TPSA) is 72.9 Å². The van der Waals surface area contributed by atoms with Gasteiger partial charge in [-0.2, -0.15) is 0 Å². The fraction of sp³-hybridized carbons (Fsp3) is 0.364. The van der Waals surface area contributed by atoms with E-state index in [0.717, 1.165) is 38.2 Å². The Bertz CT molecular complexity index is 792. The van der Waals surface area contributed by atoms with E-state index < -0.39 is 5.97 Å². The van der Waals surface area contributed by atoms with E-state index in [1.807, 2.05) is 11.0 Å². The second kappa shape index (κ2) is 9.37.